The van der Waals surface area contributed by atoms with Crippen molar-refractivity contribution >= 4 is 18.1 Å². The fraction of sp³-hybridized carbons (Fsp3) is 1.00. The van der Waals surface area contributed by atoms with E-state index >= 15 is 0 Å². The first-order valence-corrected chi connectivity index (χ1v) is 5.15. The van der Waals surface area contributed by atoms with Gasteiger partial charge in [-0.05, 0) is 6.26 Å². The molecule has 0 saturated heterocycles. The van der Waals surface area contributed by atoms with Gasteiger partial charge in [-0.25, -0.2) is 0 Å². The summed E-state index contributed by atoms with van der Waals surface area (Å²) in [6, 6.07) is 0. The molecule has 0 saturated carbocycles. The molecule has 0 rings (SSSR count). The summed E-state index contributed by atoms with van der Waals surface area (Å²) < 4.78 is 14.9. The van der Waals surface area contributed by atoms with Crippen LogP contribution >= 0.6 is 18.1 Å². The Hall–Kier alpha value is 2.38. The van der Waals surface area contributed by atoms with Gasteiger partial charge >= 0.3 is 36.3 Å². The van der Waals surface area contributed by atoms with Crippen LogP contribution in [0.4, 0.5) is 0 Å². The summed E-state index contributed by atoms with van der Waals surface area (Å²) in [5.74, 6) is 0. The van der Waals surface area contributed by atoms with Crippen LogP contribution in [0.3, 0.4) is 0 Å². The summed E-state index contributed by atoms with van der Waals surface area (Å²) in [4.78, 5) is 0. The number of hydrogen-bond acceptors (Lipinski definition) is 3. The summed E-state index contributed by atoms with van der Waals surface area (Å²) in [5, 5.41) is 0. The SMILES string of the molecule is COP(N)(=O)SC.[H-].[Na+].[Zr]. The molecule has 0 aliphatic rings. The standard InChI is InChI=1S/C2H8NO2PS.Na.Zr.H/c1-5-6(3,4)7-2;;;/h1-2H3,(H2,3,4);;;/q;+1;;-1. The molecule has 1 atom stereocenters. The van der Waals surface area contributed by atoms with Crippen LogP contribution in [0.15, 0.2) is 0 Å². The molecule has 2 N–H and O–H groups in total. The van der Waals surface area contributed by atoms with Crippen LogP contribution in [0.2, 0.25) is 0 Å². The molecule has 1 unspecified atom stereocenters. The van der Waals surface area contributed by atoms with Gasteiger partial charge in [0.15, 0.2) is 0 Å². The topological polar surface area (TPSA) is 52.3 Å². The molecule has 0 aromatic carbocycles. The van der Waals surface area contributed by atoms with E-state index in [1.165, 1.54) is 7.11 Å². The molecule has 0 aromatic heterocycles. The quantitative estimate of drug-likeness (QED) is 0.467. The second kappa shape index (κ2) is 8.48. The molecular formula is C2H9NNaO2PSZr. The molecule has 0 spiro atoms. The van der Waals surface area contributed by atoms with Crippen molar-refractivity contribution in [1.29, 1.82) is 0 Å². The first-order valence-electron chi connectivity index (χ1n) is 1.62. The summed E-state index contributed by atoms with van der Waals surface area (Å²) in [6.07, 6.45) is 1.64. The Labute approximate surface area is 102 Å². The van der Waals surface area contributed by atoms with Crippen molar-refractivity contribution in [3.63, 3.8) is 0 Å². The minimum Gasteiger partial charge on any atom is -1.00 e. The predicted molar refractivity (Wildman–Crippen MR) is 33.4 cm³/mol. The summed E-state index contributed by atoms with van der Waals surface area (Å²) in [5.41, 5.74) is 5.01. The maximum atomic E-state index is 10.5. The van der Waals surface area contributed by atoms with E-state index in [9.17, 15) is 4.57 Å². The van der Waals surface area contributed by atoms with Crippen LogP contribution < -0.4 is 35.1 Å². The third-order valence-corrected chi connectivity index (χ3v) is 3.50. The molecule has 0 aliphatic heterocycles. The molecular weight excluding hydrogens is 247 g/mol. The van der Waals surface area contributed by atoms with E-state index in [2.05, 4.69) is 4.52 Å². The predicted octanol–water partition coefficient (Wildman–Crippen LogP) is -1.82. The summed E-state index contributed by atoms with van der Waals surface area (Å²) in [7, 11) is 1.33. The van der Waals surface area contributed by atoms with Gasteiger partial charge in [0.2, 0.25) is 0 Å². The van der Waals surface area contributed by atoms with Gasteiger partial charge in [-0.15, -0.1) is 0 Å². The van der Waals surface area contributed by atoms with Gasteiger partial charge in [0.1, 0.15) is 0 Å². The van der Waals surface area contributed by atoms with Crippen molar-refractivity contribution in [2.75, 3.05) is 13.4 Å². The number of nitrogens with two attached hydrogens (primary N) is 1. The van der Waals surface area contributed by atoms with E-state index < -0.39 is 6.72 Å². The minimum atomic E-state index is -2.74. The molecule has 7 heteroatoms. The molecule has 0 bridgehead atoms. The normalized spacial score (nSPS) is 14.6. The number of rotatable bonds is 2. The monoisotopic (exact) mass is 255 g/mol. The maximum Gasteiger partial charge on any atom is 1.00 e. The van der Waals surface area contributed by atoms with Crippen LogP contribution in [0.5, 0.6) is 0 Å². The molecule has 0 aliphatic carbocycles. The van der Waals surface area contributed by atoms with E-state index in [1.54, 1.807) is 6.26 Å². The first-order chi connectivity index (χ1) is 3.12. The van der Waals surface area contributed by atoms with Crippen molar-refractivity contribution in [3.8, 4) is 0 Å². The Bertz CT molecular complexity index is 101. The molecule has 0 amide bonds. The average Bonchev–Trinajstić information content (AvgIpc) is 1.68. The Morgan fingerprint density at radius 1 is 1.78 bits per heavy atom. The fourth-order valence-electron chi connectivity index (χ4n) is 0.0745. The van der Waals surface area contributed by atoms with E-state index in [4.69, 9.17) is 5.50 Å². The average molecular weight is 256 g/mol. The van der Waals surface area contributed by atoms with Crippen molar-refractivity contribution in [2.45, 2.75) is 0 Å². The second-order valence-electron chi connectivity index (χ2n) is 0.905. The van der Waals surface area contributed by atoms with Gasteiger partial charge in [0, 0.05) is 33.3 Å². The Balaban J connectivity index is -0.0000000600. The fourth-order valence-corrected chi connectivity index (χ4v) is 0.671. The number of hydrogen-bond donors (Lipinski definition) is 1. The van der Waals surface area contributed by atoms with Gasteiger partial charge in [0.05, 0.1) is 0 Å². The van der Waals surface area contributed by atoms with Gasteiger partial charge in [-0.3, -0.25) is 10.1 Å². The van der Waals surface area contributed by atoms with E-state index in [1.807, 2.05) is 0 Å². The summed E-state index contributed by atoms with van der Waals surface area (Å²) in [6.45, 7) is -2.74. The van der Waals surface area contributed by atoms with Crippen LogP contribution in [0.25, 0.3) is 0 Å². The maximum absolute atomic E-state index is 10.5. The zero-order valence-corrected chi connectivity index (χ0v) is 11.9. The van der Waals surface area contributed by atoms with Crippen molar-refractivity contribution in [1.82, 2.24) is 0 Å². The van der Waals surface area contributed by atoms with Crippen LogP contribution in [0, 0.1) is 0 Å². The molecule has 0 fully saturated rings. The van der Waals surface area contributed by atoms with E-state index in [0.29, 0.717) is 0 Å². The molecule has 3 nitrogen and oxygen atoms in total. The van der Waals surface area contributed by atoms with Crippen LogP contribution in [0.1, 0.15) is 1.43 Å². The van der Waals surface area contributed by atoms with Gasteiger partial charge in [0.25, 0.3) is 0 Å². The zero-order valence-electron chi connectivity index (χ0n) is 6.75. The van der Waals surface area contributed by atoms with Gasteiger partial charge in [-0.1, -0.05) is 11.4 Å². The first kappa shape index (κ1) is 17.5. The van der Waals surface area contributed by atoms with Crippen molar-refractivity contribution in [2.24, 2.45) is 5.50 Å². The van der Waals surface area contributed by atoms with Gasteiger partial charge in [-0.2, -0.15) is 0 Å². The Kier molecular flexibility index (Phi) is 16.5. The van der Waals surface area contributed by atoms with E-state index in [-0.39, 0.29) is 57.2 Å². The molecule has 0 aromatic rings. The zero-order chi connectivity index (χ0) is 5.91. The molecule has 0 heterocycles. The molecule has 9 heavy (non-hydrogen) atoms. The Morgan fingerprint density at radius 3 is 2.11 bits per heavy atom. The van der Waals surface area contributed by atoms with Crippen LogP contribution in [-0.2, 0) is 35.3 Å². The smallest absolute Gasteiger partial charge is 1.00 e. The van der Waals surface area contributed by atoms with Crippen molar-refractivity contribution < 1.29 is 66.3 Å². The largest absolute Gasteiger partial charge is 1.00 e. The van der Waals surface area contributed by atoms with Crippen LogP contribution in [-0.4, -0.2) is 13.4 Å². The third-order valence-electron chi connectivity index (χ3n) is 0.509. The molecule has 50 valence electrons. The third kappa shape index (κ3) is 10.4. The van der Waals surface area contributed by atoms with E-state index in [0.717, 1.165) is 11.4 Å². The molecule has 0 radical (unpaired) electrons. The Morgan fingerprint density at radius 2 is 2.11 bits per heavy atom. The summed E-state index contributed by atoms with van der Waals surface area (Å²) >= 11 is 1.04. The minimum absolute atomic E-state index is 0. The van der Waals surface area contributed by atoms with Gasteiger partial charge < -0.3 is 5.95 Å². The second-order valence-corrected chi connectivity index (χ2v) is 5.34. The van der Waals surface area contributed by atoms with Crippen molar-refractivity contribution in [3.05, 3.63) is 0 Å².